The molecule has 0 aromatic carbocycles. The van der Waals surface area contributed by atoms with E-state index in [-0.39, 0.29) is 6.10 Å². The van der Waals surface area contributed by atoms with Gasteiger partial charge in [-0.1, -0.05) is 20.8 Å². The van der Waals surface area contributed by atoms with Crippen LogP contribution < -0.4 is 10.1 Å². The van der Waals surface area contributed by atoms with Gasteiger partial charge in [-0.05, 0) is 24.1 Å². The number of nitrogens with one attached hydrogen (secondary N) is 1. The number of hydrogen-bond donors (Lipinski definition) is 1. The molecule has 1 fully saturated rings. The molecule has 1 aromatic rings. The van der Waals surface area contributed by atoms with Crippen LogP contribution in [0.25, 0.3) is 0 Å². The Kier molecular flexibility index (Phi) is 5.80. The third kappa shape index (κ3) is 4.46. The second-order valence-electron chi connectivity index (χ2n) is 5.60. The molecule has 1 aliphatic heterocycles. The zero-order valence-corrected chi connectivity index (χ0v) is 12.8. The van der Waals surface area contributed by atoms with Gasteiger partial charge in [-0.3, -0.25) is 0 Å². The number of ether oxygens (including phenoxy) is 2. The van der Waals surface area contributed by atoms with Crippen molar-refractivity contribution in [1.29, 1.82) is 0 Å². The number of nitrogens with zero attached hydrogens (tertiary/aromatic N) is 1. The van der Waals surface area contributed by atoms with Crippen molar-refractivity contribution >= 4 is 0 Å². The SMILES string of the molecule is CCNCc1cc(OC2CCOCC2)nc(C(C)C)c1. The summed E-state index contributed by atoms with van der Waals surface area (Å²) in [5.41, 5.74) is 2.34. The summed E-state index contributed by atoms with van der Waals surface area (Å²) in [6.45, 7) is 9.86. The zero-order valence-electron chi connectivity index (χ0n) is 12.8. The molecule has 1 N–H and O–H groups in total. The molecule has 2 rings (SSSR count). The van der Waals surface area contributed by atoms with Crippen LogP contribution in [0.1, 0.15) is 50.8 Å². The van der Waals surface area contributed by atoms with E-state index in [4.69, 9.17) is 9.47 Å². The monoisotopic (exact) mass is 278 g/mol. The van der Waals surface area contributed by atoms with Gasteiger partial charge < -0.3 is 14.8 Å². The normalized spacial score (nSPS) is 16.6. The van der Waals surface area contributed by atoms with Gasteiger partial charge in [-0.25, -0.2) is 4.98 Å². The third-order valence-electron chi connectivity index (χ3n) is 3.51. The van der Waals surface area contributed by atoms with Crippen molar-refractivity contribution in [3.63, 3.8) is 0 Å². The lowest BCUT2D eigenvalue weighted by Gasteiger charge is -2.23. The van der Waals surface area contributed by atoms with E-state index in [1.165, 1.54) is 5.56 Å². The van der Waals surface area contributed by atoms with Crippen LogP contribution in [0.5, 0.6) is 5.88 Å². The molecule has 0 bridgehead atoms. The fraction of sp³-hybridized carbons (Fsp3) is 0.688. The van der Waals surface area contributed by atoms with Crippen molar-refractivity contribution < 1.29 is 9.47 Å². The molecule has 1 aliphatic rings. The summed E-state index contributed by atoms with van der Waals surface area (Å²) < 4.78 is 11.4. The van der Waals surface area contributed by atoms with E-state index in [1.807, 2.05) is 0 Å². The van der Waals surface area contributed by atoms with Gasteiger partial charge in [0.1, 0.15) is 6.10 Å². The van der Waals surface area contributed by atoms with E-state index < -0.39 is 0 Å². The van der Waals surface area contributed by atoms with Crippen molar-refractivity contribution in [3.05, 3.63) is 23.4 Å². The Morgan fingerprint density at radius 1 is 1.35 bits per heavy atom. The van der Waals surface area contributed by atoms with E-state index >= 15 is 0 Å². The highest BCUT2D eigenvalue weighted by Crippen LogP contribution is 2.22. The standard InChI is InChI=1S/C16H26N2O2/c1-4-17-11-13-9-15(12(2)3)18-16(10-13)20-14-5-7-19-8-6-14/h9-10,12,14,17H,4-8,11H2,1-3H3. The number of pyridine rings is 1. The number of aromatic nitrogens is 1. The van der Waals surface area contributed by atoms with E-state index in [0.717, 1.165) is 50.7 Å². The second-order valence-corrected chi connectivity index (χ2v) is 5.60. The van der Waals surface area contributed by atoms with Crippen LogP contribution in [0.3, 0.4) is 0 Å². The van der Waals surface area contributed by atoms with Gasteiger partial charge in [-0.2, -0.15) is 0 Å². The van der Waals surface area contributed by atoms with Gasteiger partial charge in [-0.15, -0.1) is 0 Å². The minimum Gasteiger partial charge on any atom is -0.474 e. The highest BCUT2D eigenvalue weighted by molar-refractivity contribution is 5.27. The van der Waals surface area contributed by atoms with Crippen molar-refractivity contribution in [2.24, 2.45) is 0 Å². The highest BCUT2D eigenvalue weighted by atomic mass is 16.5. The molecule has 1 aromatic heterocycles. The van der Waals surface area contributed by atoms with Crippen molar-refractivity contribution in [2.75, 3.05) is 19.8 Å². The average molecular weight is 278 g/mol. The summed E-state index contributed by atoms with van der Waals surface area (Å²) in [4.78, 5) is 4.64. The Labute approximate surface area is 121 Å². The fourth-order valence-corrected chi connectivity index (χ4v) is 2.27. The first kappa shape index (κ1) is 15.3. The lowest BCUT2D eigenvalue weighted by molar-refractivity contribution is 0.0236. The van der Waals surface area contributed by atoms with Gasteiger partial charge in [0.05, 0.1) is 13.2 Å². The Morgan fingerprint density at radius 3 is 2.75 bits per heavy atom. The maximum Gasteiger partial charge on any atom is 0.214 e. The Hall–Kier alpha value is -1.13. The van der Waals surface area contributed by atoms with Crippen LogP contribution in [0.2, 0.25) is 0 Å². The van der Waals surface area contributed by atoms with Gasteiger partial charge >= 0.3 is 0 Å². The van der Waals surface area contributed by atoms with Crippen molar-refractivity contribution in [2.45, 2.75) is 52.2 Å². The van der Waals surface area contributed by atoms with Gasteiger partial charge in [0, 0.05) is 31.1 Å². The van der Waals surface area contributed by atoms with Gasteiger partial charge in [0.15, 0.2) is 0 Å². The summed E-state index contributed by atoms with van der Waals surface area (Å²) in [6.07, 6.45) is 2.15. The Bertz CT molecular complexity index is 415. The summed E-state index contributed by atoms with van der Waals surface area (Å²) in [5, 5.41) is 3.36. The number of hydrogen-bond acceptors (Lipinski definition) is 4. The maximum absolute atomic E-state index is 6.05. The first-order chi connectivity index (χ1) is 9.69. The van der Waals surface area contributed by atoms with E-state index in [2.05, 4.69) is 43.2 Å². The third-order valence-corrected chi connectivity index (χ3v) is 3.51. The minimum atomic E-state index is 0.241. The lowest BCUT2D eigenvalue weighted by atomic mass is 10.1. The molecule has 0 radical (unpaired) electrons. The molecule has 112 valence electrons. The molecule has 20 heavy (non-hydrogen) atoms. The first-order valence-electron chi connectivity index (χ1n) is 7.65. The van der Waals surface area contributed by atoms with E-state index in [1.54, 1.807) is 0 Å². The largest absolute Gasteiger partial charge is 0.474 e. The summed E-state index contributed by atoms with van der Waals surface area (Å²) >= 11 is 0. The molecule has 4 nitrogen and oxygen atoms in total. The summed E-state index contributed by atoms with van der Waals surface area (Å²) in [6, 6.07) is 4.23. The zero-order chi connectivity index (χ0) is 14.4. The lowest BCUT2D eigenvalue weighted by Crippen LogP contribution is -2.26. The van der Waals surface area contributed by atoms with Crippen LogP contribution in [0.15, 0.2) is 12.1 Å². The molecule has 0 unspecified atom stereocenters. The predicted octanol–water partition coefficient (Wildman–Crippen LogP) is 2.87. The van der Waals surface area contributed by atoms with Crippen LogP contribution >= 0.6 is 0 Å². The molecule has 0 spiro atoms. The smallest absolute Gasteiger partial charge is 0.214 e. The summed E-state index contributed by atoms with van der Waals surface area (Å²) in [7, 11) is 0. The van der Waals surface area contributed by atoms with Crippen LogP contribution in [-0.4, -0.2) is 30.8 Å². The molecule has 1 saturated heterocycles. The van der Waals surface area contributed by atoms with Crippen molar-refractivity contribution in [1.82, 2.24) is 10.3 Å². The van der Waals surface area contributed by atoms with Crippen molar-refractivity contribution in [3.8, 4) is 5.88 Å². The molecule has 2 heterocycles. The van der Waals surface area contributed by atoms with Crippen LogP contribution in [0, 0.1) is 0 Å². The topological polar surface area (TPSA) is 43.4 Å². The maximum atomic E-state index is 6.05. The average Bonchev–Trinajstić information content (AvgIpc) is 2.46. The quantitative estimate of drug-likeness (QED) is 0.869. The minimum absolute atomic E-state index is 0.241. The van der Waals surface area contributed by atoms with Crippen LogP contribution in [-0.2, 0) is 11.3 Å². The highest BCUT2D eigenvalue weighted by Gasteiger charge is 2.17. The molecule has 0 aliphatic carbocycles. The Balaban J connectivity index is 2.10. The molecule has 0 atom stereocenters. The molecule has 0 saturated carbocycles. The molecule has 4 heteroatoms. The van der Waals surface area contributed by atoms with Gasteiger partial charge in [0.2, 0.25) is 5.88 Å². The van der Waals surface area contributed by atoms with E-state index in [9.17, 15) is 0 Å². The molecular formula is C16H26N2O2. The predicted molar refractivity (Wildman–Crippen MR) is 80.2 cm³/mol. The van der Waals surface area contributed by atoms with Crippen LogP contribution in [0.4, 0.5) is 0 Å². The fourth-order valence-electron chi connectivity index (χ4n) is 2.27. The second kappa shape index (κ2) is 7.60. The summed E-state index contributed by atoms with van der Waals surface area (Å²) in [5.74, 6) is 1.17. The first-order valence-corrected chi connectivity index (χ1v) is 7.65. The number of rotatable bonds is 6. The van der Waals surface area contributed by atoms with E-state index in [0.29, 0.717) is 5.92 Å². The molecular weight excluding hydrogens is 252 g/mol. The Morgan fingerprint density at radius 2 is 2.10 bits per heavy atom. The van der Waals surface area contributed by atoms with Gasteiger partial charge in [0.25, 0.3) is 0 Å². The molecule has 0 amide bonds.